The van der Waals surface area contributed by atoms with Gasteiger partial charge < -0.3 is 20.2 Å². The summed E-state index contributed by atoms with van der Waals surface area (Å²) in [5.41, 5.74) is 4.27. The number of amides is 1. The summed E-state index contributed by atoms with van der Waals surface area (Å²) in [6.07, 6.45) is 0. The Kier molecular flexibility index (Phi) is 6.56. The van der Waals surface area contributed by atoms with Gasteiger partial charge in [-0.2, -0.15) is 0 Å². The lowest BCUT2D eigenvalue weighted by Crippen LogP contribution is -2.52. The van der Waals surface area contributed by atoms with Gasteiger partial charge in [0.05, 0.1) is 16.9 Å². The van der Waals surface area contributed by atoms with Crippen LogP contribution >= 0.6 is 11.6 Å². The van der Waals surface area contributed by atoms with Crippen LogP contribution in [-0.2, 0) is 0 Å². The van der Waals surface area contributed by atoms with Crippen molar-refractivity contribution in [2.75, 3.05) is 34.8 Å². The summed E-state index contributed by atoms with van der Waals surface area (Å²) >= 11 is 5.93. The third-order valence-electron chi connectivity index (χ3n) is 5.90. The molecule has 1 aliphatic heterocycles. The van der Waals surface area contributed by atoms with Crippen LogP contribution in [0.4, 0.5) is 17.1 Å². The van der Waals surface area contributed by atoms with Crippen molar-refractivity contribution in [3.05, 3.63) is 88.4 Å². The standard InChI is InChI=1S/C26H26ClN3O3/c1-17-4-3-5-22(14-17)30-13-12-29(16-18(30)2)24-11-8-20(26(32)33)15-23(24)28-25(31)19-6-9-21(27)10-7-19/h3-11,14-15,18H,12-13,16H2,1-2H3,(H,28,31)(H,32,33)/t18-/m1/s1. The van der Waals surface area contributed by atoms with Crippen LogP contribution in [0, 0.1) is 6.92 Å². The second-order valence-electron chi connectivity index (χ2n) is 8.33. The summed E-state index contributed by atoms with van der Waals surface area (Å²) < 4.78 is 0. The van der Waals surface area contributed by atoms with Gasteiger partial charge in [-0.05, 0) is 74.0 Å². The zero-order valence-corrected chi connectivity index (χ0v) is 19.3. The molecule has 1 fully saturated rings. The normalized spacial score (nSPS) is 15.9. The molecule has 3 aromatic carbocycles. The van der Waals surface area contributed by atoms with E-state index in [1.807, 2.05) is 0 Å². The summed E-state index contributed by atoms with van der Waals surface area (Å²) in [5.74, 6) is -1.36. The van der Waals surface area contributed by atoms with E-state index in [9.17, 15) is 14.7 Å². The largest absolute Gasteiger partial charge is 0.478 e. The molecule has 0 bridgehead atoms. The van der Waals surface area contributed by atoms with Gasteiger partial charge in [0.15, 0.2) is 0 Å². The topological polar surface area (TPSA) is 72.9 Å². The van der Waals surface area contributed by atoms with E-state index in [0.717, 1.165) is 25.3 Å². The first-order valence-corrected chi connectivity index (χ1v) is 11.2. The summed E-state index contributed by atoms with van der Waals surface area (Å²) in [6.45, 7) is 6.56. The van der Waals surface area contributed by atoms with E-state index in [4.69, 9.17) is 11.6 Å². The van der Waals surface area contributed by atoms with Crippen LogP contribution in [0.15, 0.2) is 66.7 Å². The van der Waals surface area contributed by atoms with Crippen molar-refractivity contribution in [3.63, 3.8) is 0 Å². The number of carboxylic acids is 1. The van der Waals surface area contributed by atoms with Crippen molar-refractivity contribution >= 4 is 40.5 Å². The lowest BCUT2D eigenvalue weighted by molar-refractivity contribution is 0.0696. The van der Waals surface area contributed by atoms with Crippen molar-refractivity contribution in [2.45, 2.75) is 19.9 Å². The average molecular weight is 464 g/mol. The van der Waals surface area contributed by atoms with Gasteiger partial charge in [0.1, 0.15) is 0 Å². The molecule has 4 rings (SSSR count). The van der Waals surface area contributed by atoms with Gasteiger partial charge in [-0.15, -0.1) is 0 Å². The van der Waals surface area contributed by atoms with Gasteiger partial charge >= 0.3 is 5.97 Å². The number of benzene rings is 3. The lowest BCUT2D eigenvalue weighted by atomic mass is 10.1. The number of carboxylic acid groups (broad SMARTS) is 1. The Hall–Kier alpha value is -3.51. The van der Waals surface area contributed by atoms with Gasteiger partial charge in [0.2, 0.25) is 0 Å². The molecule has 1 amide bonds. The predicted octanol–water partition coefficient (Wildman–Crippen LogP) is 5.31. The van der Waals surface area contributed by atoms with Crippen LogP contribution in [-0.4, -0.2) is 42.7 Å². The highest BCUT2D eigenvalue weighted by Gasteiger charge is 2.26. The van der Waals surface area contributed by atoms with Crippen LogP contribution in [0.1, 0.15) is 33.2 Å². The second-order valence-corrected chi connectivity index (χ2v) is 8.76. The maximum atomic E-state index is 12.8. The average Bonchev–Trinajstić information content (AvgIpc) is 2.79. The van der Waals surface area contributed by atoms with Gasteiger partial charge in [0.25, 0.3) is 5.91 Å². The van der Waals surface area contributed by atoms with E-state index in [1.54, 1.807) is 36.4 Å². The van der Waals surface area contributed by atoms with Crippen LogP contribution < -0.4 is 15.1 Å². The summed E-state index contributed by atoms with van der Waals surface area (Å²) in [4.78, 5) is 29.0. The number of carbonyl (C=O) groups is 2. The van der Waals surface area contributed by atoms with E-state index < -0.39 is 5.97 Å². The Bertz CT molecular complexity index is 1180. The molecule has 1 atom stereocenters. The highest BCUT2D eigenvalue weighted by molar-refractivity contribution is 6.30. The Balaban J connectivity index is 1.59. The Morgan fingerprint density at radius 1 is 1.00 bits per heavy atom. The Morgan fingerprint density at radius 2 is 1.73 bits per heavy atom. The number of hydrogen-bond acceptors (Lipinski definition) is 4. The summed E-state index contributed by atoms with van der Waals surface area (Å²) in [7, 11) is 0. The molecule has 1 aliphatic rings. The number of rotatable bonds is 5. The van der Waals surface area contributed by atoms with Crippen molar-refractivity contribution in [2.24, 2.45) is 0 Å². The zero-order chi connectivity index (χ0) is 23.5. The van der Waals surface area contributed by atoms with Gasteiger partial charge in [-0.1, -0.05) is 23.7 Å². The number of anilines is 3. The minimum atomic E-state index is -1.04. The first-order chi connectivity index (χ1) is 15.8. The molecule has 0 spiro atoms. The number of aryl methyl sites for hydroxylation is 1. The van der Waals surface area contributed by atoms with Gasteiger partial charge in [0, 0.05) is 41.9 Å². The van der Waals surface area contributed by atoms with E-state index >= 15 is 0 Å². The third kappa shape index (κ3) is 5.12. The molecule has 33 heavy (non-hydrogen) atoms. The number of nitrogens with one attached hydrogen (secondary N) is 1. The smallest absolute Gasteiger partial charge is 0.335 e. The van der Waals surface area contributed by atoms with Gasteiger partial charge in [-0.3, -0.25) is 4.79 Å². The van der Waals surface area contributed by atoms with Crippen molar-refractivity contribution in [1.29, 1.82) is 0 Å². The van der Waals surface area contributed by atoms with E-state index in [2.05, 4.69) is 53.2 Å². The molecule has 7 heteroatoms. The summed E-state index contributed by atoms with van der Waals surface area (Å²) in [5, 5.41) is 12.9. The maximum absolute atomic E-state index is 12.8. The number of hydrogen-bond donors (Lipinski definition) is 2. The molecular weight excluding hydrogens is 438 g/mol. The lowest BCUT2D eigenvalue weighted by Gasteiger charge is -2.43. The fourth-order valence-electron chi connectivity index (χ4n) is 4.21. The maximum Gasteiger partial charge on any atom is 0.335 e. The first-order valence-electron chi connectivity index (χ1n) is 10.8. The molecule has 6 nitrogen and oxygen atoms in total. The van der Waals surface area contributed by atoms with Crippen LogP contribution in [0.2, 0.25) is 5.02 Å². The Morgan fingerprint density at radius 3 is 2.39 bits per heavy atom. The highest BCUT2D eigenvalue weighted by Crippen LogP contribution is 2.31. The zero-order valence-electron chi connectivity index (χ0n) is 18.6. The number of piperazine rings is 1. The summed E-state index contributed by atoms with van der Waals surface area (Å²) in [6, 6.07) is 20.1. The van der Waals surface area contributed by atoms with Crippen LogP contribution in [0.25, 0.3) is 0 Å². The minimum Gasteiger partial charge on any atom is -0.478 e. The van der Waals surface area contributed by atoms with E-state index in [0.29, 0.717) is 16.3 Å². The monoisotopic (exact) mass is 463 g/mol. The fourth-order valence-corrected chi connectivity index (χ4v) is 4.33. The molecule has 1 heterocycles. The Labute approximate surface area is 198 Å². The molecule has 2 N–H and O–H groups in total. The quantitative estimate of drug-likeness (QED) is 0.536. The van der Waals surface area contributed by atoms with E-state index in [1.165, 1.54) is 17.3 Å². The molecule has 0 saturated carbocycles. The van der Waals surface area contributed by atoms with Crippen LogP contribution in [0.3, 0.4) is 0 Å². The van der Waals surface area contributed by atoms with E-state index in [-0.39, 0.29) is 17.5 Å². The molecule has 0 aliphatic carbocycles. The predicted molar refractivity (Wildman–Crippen MR) is 133 cm³/mol. The first kappa shape index (κ1) is 22.7. The van der Waals surface area contributed by atoms with Gasteiger partial charge in [-0.25, -0.2) is 4.79 Å². The molecule has 3 aromatic rings. The minimum absolute atomic E-state index is 0.122. The molecule has 0 unspecified atom stereocenters. The van der Waals surface area contributed by atoms with Crippen molar-refractivity contribution in [1.82, 2.24) is 0 Å². The number of aromatic carboxylic acids is 1. The van der Waals surface area contributed by atoms with Crippen LogP contribution in [0.5, 0.6) is 0 Å². The van der Waals surface area contributed by atoms with Crippen molar-refractivity contribution < 1.29 is 14.7 Å². The molecule has 0 radical (unpaired) electrons. The molecule has 0 aromatic heterocycles. The van der Waals surface area contributed by atoms with Crippen molar-refractivity contribution in [3.8, 4) is 0 Å². The SMILES string of the molecule is Cc1cccc(N2CCN(c3ccc(C(=O)O)cc3NC(=O)c3ccc(Cl)cc3)C[C@H]2C)c1. The molecular formula is C26H26ClN3O3. The number of halogens is 1. The number of carbonyl (C=O) groups excluding carboxylic acids is 1. The second kappa shape index (κ2) is 9.55. The number of nitrogens with zero attached hydrogens (tertiary/aromatic N) is 2. The molecule has 170 valence electrons. The third-order valence-corrected chi connectivity index (χ3v) is 6.15. The highest BCUT2D eigenvalue weighted by atomic mass is 35.5. The fraction of sp³-hybridized carbons (Fsp3) is 0.231. The molecule has 1 saturated heterocycles.